The molecule has 0 saturated carbocycles. The summed E-state index contributed by atoms with van der Waals surface area (Å²) >= 11 is 0. The van der Waals surface area contributed by atoms with E-state index in [1.807, 2.05) is 30.3 Å². The van der Waals surface area contributed by atoms with E-state index in [4.69, 9.17) is 14.2 Å². The maximum absolute atomic E-state index is 6.10. The van der Waals surface area contributed by atoms with Crippen molar-refractivity contribution >= 4 is 0 Å². The third kappa shape index (κ3) is 4.54. The Labute approximate surface area is 172 Å². The number of nitrogens with one attached hydrogen (secondary N) is 1. The van der Waals surface area contributed by atoms with Gasteiger partial charge in [-0.2, -0.15) is 0 Å². The molecule has 0 saturated heterocycles. The average Bonchev–Trinajstić information content (AvgIpc) is 2.78. The number of methoxy groups -OCH3 is 2. The smallest absolute Gasteiger partial charge is 0.161 e. The van der Waals surface area contributed by atoms with Gasteiger partial charge in [-0.05, 0) is 65.9 Å². The molecular weight excluding hydrogens is 362 g/mol. The van der Waals surface area contributed by atoms with Crippen molar-refractivity contribution in [2.24, 2.45) is 0 Å². The summed E-state index contributed by atoms with van der Waals surface area (Å²) in [6, 6.07) is 23.0. The highest BCUT2D eigenvalue weighted by molar-refractivity contribution is 5.50. The predicted molar refractivity (Wildman–Crippen MR) is 115 cm³/mol. The Kier molecular flexibility index (Phi) is 6.01. The molecule has 4 nitrogen and oxygen atoms in total. The van der Waals surface area contributed by atoms with Gasteiger partial charge in [0.25, 0.3) is 0 Å². The Balaban J connectivity index is 1.55. The van der Waals surface area contributed by atoms with E-state index >= 15 is 0 Å². The number of rotatable bonds is 7. The van der Waals surface area contributed by atoms with Gasteiger partial charge in [0, 0.05) is 6.04 Å². The van der Waals surface area contributed by atoms with Gasteiger partial charge in [-0.1, -0.05) is 42.5 Å². The zero-order valence-corrected chi connectivity index (χ0v) is 17.0. The van der Waals surface area contributed by atoms with Crippen LogP contribution < -0.4 is 19.5 Å². The molecule has 1 heterocycles. The maximum Gasteiger partial charge on any atom is 0.161 e. The minimum Gasteiger partial charge on any atom is -0.497 e. The van der Waals surface area contributed by atoms with Gasteiger partial charge in [-0.3, -0.25) is 0 Å². The van der Waals surface area contributed by atoms with Crippen LogP contribution in [0.25, 0.3) is 0 Å². The summed E-state index contributed by atoms with van der Waals surface area (Å²) in [5.41, 5.74) is 5.04. The molecule has 0 amide bonds. The summed E-state index contributed by atoms with van der Waals surface area (Å²) in [6.45, 7) is 1.49. The molecule has 4 heteroatoms. The van der Waals surface area contributed by atoms with Gasteiger partial charge in [-0.15, -0.1) is 0 Å². The van der Waals surface area contributed by atoms with Gasteiger partial charge in [-0.25, -0.2) is 0 Å². The molecular formula is C25H27NO3. The third-order valence-electron chi connectivity index (χ3n) is 5.42. The zero-order valence-electron chi connectivity index (χ0n) is 17.0. The largest absolute Gasteiger partial charge is 0.497 e. The van der Waals surface area contributed by atoms with Crippen molar-refractivity contribution in [2.45, 2.75) is 25.5 Å². The Morgan fingerprint density at radius 3 is 2.38 bits per heavy atom. The third-order valence-corrected chi connectivity index (χ3v) is 5.42. The Morgan fingerprint density at radius 2 is 1.66 bits per heavy atom. The van der Waals surface area contributed by atoms with Crippen molar-refractivity contribution in [1.29, 1.82) is 0 Å². The normalized spacial score (nSPS) is 15.4. The van der Waals surface area contributed by atoms with E-state index < -0.39 is 0 Å². The molecule has 0 bridgehead atoms. The minimum absolute atomic E-state index is 0.254. The number of hydrogen-bond donors (Lipinski definition) is 1. The molecule has 4 rings (SSSR count). The van der Waals surface area contributed by atoms with Crippen LogP contribution in [0.15, 0.2) is 66.7 Å². The van der Waals surface area contributed by atoms with Crippen LogP contribution in [-0.4, -0.2) is 20.8 Å². The molecule has 3 aromatic carbocycles. The van der Waals surface area contributed by atoms with Gasteiger partial charge in [0.2, 0.25) is 0 Å². The molecule has 3 aromatic rings. The van der Waals surface area contributed by atoms with Crippen LogP contribution >= 0.6 is 0 Å². The second kappa shape index (κ2) is 9.01. The van der Waals surface area contributed by atoms with Crippen LogP contribution in [0.3, 0.4) is 0 Å². The summed E-state index contributed by atoms with van der Waals surface area (Å²) in [4.78, 5) is 0. The molecule has 1 atom stereocenters. The average molecular weight is 389 g/mol. The second-order valence-corrected chi connectivity index (χ2v) is 7.29. The van der Waals surface area contributed by atoms with E-state index in [-0.39, 0.29) is 6.04 Å². The van der Waals surface area contributed by atoms with Crippen molar-refractivity contribution in [1.82, 2.24) is 5.32 Å². The molecule has 0 unspecified atom stereocenters. The van der Waals surface area contributed by atoms with Crippen LogP contribution in [0.4, 0.5) is 0 Å². The second-order valence-electron chi connectivity index (χ2n) is 7.29. The summed E-state index contributed by atoms with van der Waals surface area (Å²) < 4.78 is 17.0. The first-order valence-electron chi connectivity index (χ1n) is 10.0. The molecule has 1 aliphatic rings. The van der Waals surface area contributed by atoms with Gasteiger partial charge < -0.3 is 19.5 Å². The van der Waals surface area contributed by atoms with Crippen LogP contribution in [-0.2, 0) is 19.4 Å². The highest BCUT2D eigenvalue weighted by Crippen LogP contribution is 2.37. The minimum atomic E-state index is 0.254. The van der Waals surface area contributed by atoms with Gasteiger partial charge in [0.1, 0.15) is 12.4 Å². The number of fused-ring (bicyclic) bond motifs is 1. The van der Waals surface area contributed by atoms with Crippen molar-refractivity contribution < 1.29 is 14.2 Å². The molecule has 0 radical (unpaired) electrons. The highest BCUT2D eigenvalue weighted by atomic mass is 16.5. The van der Waals surface area contributed by atoms with E-state index in [1.54, 1.807) is 14.2 Å². The molecule has 0 aliphatic carbocycles. The van der Waals surface area contributed by atoms with E-state index in [2.05, 4.69) is 41.7 Å². The molecule has 0 aromatic heterocycles. The van der Waals surface area contributed by atoms with E-state index in [0.29, 0.717) is 6.61 Å². The van der Waals surface area contributed by atoms with Gasteiger partial charge >= 0.3 is 0 Å². The fourth-order valence-corrected chi connectivity index (χ4v) is 3.84. The van der Waals surface area contributed by atoms with E-state index in [0.717, 1.165) is 42.2 Å². The molecule has 0 spiro atoms. The number of ether oxygens (including phenoxy) is 3. The molecule has 29 heavy (non-hydrogen) atoms. The lowest BCUT2D eigenvalue weighted by Crippen LogP contribution is -2.31. The Hall–Kier alpha value is -2.98. The lowest BCUT2D eigenvalue weighted by Gasteiger charge is -2.28. The van der Waals surface area contributed by atoms with Crippen molar-refractivity contribution in [3.63, 3.8) is 0 Å². The van der Waals surface area contributed by atoms with E-state index in [9.17, 15) is 0 Å². The summed E-state index contributed by atoms with van der Waals surface area (Å²) in [6.07, 6.45) is 1.91. The van der Waals surface area contributed by atoms with Crippen molar-refractivity contribution in [2.75, 3.05) is 20.8 Å². The van der Waals surface area contributed by atoms with Gasteiger partial charge in [0.15, 0.2) is 11.5 Å². The Morgan fingerprint density at radius 1 is 0.862 bits per heavy atom. The Bertz CT molecular complexity index is 938. The molecule has 1 aliphatic heterocycles. The predicted octanol–water partition coefficient (Wildman–Crippen LogP) is 4.71. The zero-order chi connectivity index (χ0) is 20.1. The molecule has 1 N–H and O–H groups in total. The summed E-state index contributed by atoms with van der Waals surface area (Å²) in [5.74, 6) is 2.47. The fourth-order valence-electron chi connectivity index (χ4n) is 3.84. The molecule has 0 fully saturated rings. The number of hydrogen-bond acceptors (Lipinski definition) is 4. The lowest BCUT2D eigenvalue weighted by molar-refractivity contribution is 0.283. The van der Waals surface area contributed by atoms with Crippen LogP contribution in [0.1, 0.15) is 28.3 Å². The summed E-state index contributed by atoms with van der Waals surface area (Å²) in [5, 5.41) is 3.65. The fraction of sp³-hybridized carbons (Fsp3) is 0.280. The maximum atomic E-state index is 6.10. The van der Waals surface area contributed by atoms with E-state index in [1.165, 1.54) is 16.7 Å². The summed E-state index contributed by atoms with van der Waals surface area (Å²) in [7, 11) is 3.39. The van der Waals surface area contributed by atoms with Crippen molar-refractivity contribution in [3.05, 3.63) is 89.0 Å². The standard InChI is InChI=1S/C25H27NO3/c1-27-21-10-8-18(9-11-21)14-23-22-16-24(28-2)25(15-20(22)12-13-26-23)29-17-19-6-4-3-5-7-19/h3-11,15-16,23,26H,12-14,17H2,1-2H3/t23-/m0/s1. The highest BCUT2D eigenvalue weighted by Gasteiger charge is 2.23. The van der Waals surface area contributed by atoms with Gasteiger partial charge in [0.05, 0.1) is 14.2 Å². The SMILES string of the molecule is COc1ccc(C[C@@H]2NCCc3cc(OCc4ccccc4)c(OC)cc32)cc1. The lowest BCUT2D eigenvalue weighted by atomic mass is 9.90. The quantitative estimate of drug-likeness (QED) is 0.635. The van der Waals surface area contributed by atoms with Crippen LogP contribution in [0, 0.1) is 0 Å². The monoisotopic (exact) mass is 389 g/mol. The van der Waals surface area contributed by atoms with Crippen molar-refractivity contribution in [3.8, 4) is 17.2 Å². The first-order valence-corrected chi connectivity index (χ1v) is 10.0. The topological polar surface area (TPSA) is 39.7 Å². The van der Waals surface area contributed by atoms with Crippen LogP contribution in [0.5, 0.6) is 17.2 Å². The number of benzene rings is 3. The van der Waals surface area contributed by atoms with Crippen LogP contribution in [0.2, 0.25) is 0 Å². The first-order chi connectivity index (χ1) is 14.3. The first kappa shape index (κ1) is 19.3. The molecule has 150 valence electrons.